The Morgan fingerprint density at radius 2 is 2.00 bits per heavy atom. The average molecular weight is 236 g/mol. The summed E-state index contributed by atoms with van der Waals surface area (Å²) < 4.78 is 0. The largest absolute Gasteiger partial charge is 0.393 e. The standard InChI is InChI=1S/C15H24O2/c1-9-4-5-11-13(14(11,2)3)12-10(9)6-7-15(12,17)8-16/h10-13,16-17H,1,4-8H2,2-3H3/t10-,11+,12+,13+,15+/m0/s1. The van der Waals surface area contributed by atoms with Gasteiger partial charge >= 0.3 is 0 Å². The zero-order valence-corrected chi connectivity index (χ0v) is 10.9. The lowest BCUT2D eigenvalue weighted by molar-refractivity contribution is -0.0604. The quantitative estimate of drug-likeness (QED) is 0.686. The Bertz CT molecular complexity index is 360. The minimum atomic E-state index is -0.839. The smallest absolute Gasteiger partial charge is 0.0914 e. The predicted octanol–water partition coefficient (Wildman–Crippen LogP) is 2.36. The van der Waals surface area contributed by atoms with Gasteiger partial charge in [0.05, 0.1) is 12.2 Å². The molecular formula is C15H24O2. The molecule has 0 saturated heterocycles. The average Bonchev–Trinajstić information content (AvgIpc) is 2.70. The van der Waals surface area contributed by atoms with Crippen LogP contribution in [-0.2, 0) is 0 Å². The summed E-state index contributed by atoms with van der Waals surface area (Å²) in [4.78, 5) is 0. The molecule has 3 rings (SSSR count). The molecule has 2 heteroatoms. The molecule has 0 unspecified atom stereocenters. The second-order valence-corrected chi connectivity index (χ2v) is 7.08. The van der Waals surface area contributed by atoms with Crippen molar-refractivity contribution in [2.75, 3.05) is 6.61 Å². The van der Waals surface area contributed by atoms with Crippen LogP contribution in [0, 0.1) is 29.1 Å². The molecule has 17 heavy (non-hydrogen) atoms. The lowest BCUT2D eigenvalue weighted by Crippen LogP contribution is -2.41. The fourth-order valence-electron chi connectivity index (χ4n) is 4.93. The van der Waals surface area contributed by atoms with Gasteiger partial charge in [0.2, 0.25) is 0 Å². The van der Waals surface area contributed by atoms with Crippen molar-refractivity contribution >= 4 is 0 Å². The molecule has 0 aromatic carbocycles. The van der Waals surface area contributed by atoms with Gasteiger partial charge in [-0.15, -0.1) is 0 Å². The van der Waals surface area contributed by atoms with E-state index in [0.29, 0.717) is 17.3 Å². The van der Waals surface area contributed by atoms with E-state index in [2.05, 4.69) is 20.4 Å². The van der Waals surface area contributed by atoms with E-state index in [1.165, 1.54) is 12.0 Å². The van der Waals surface area contributed by atoms with Gasteiger partial charge < -0.3 is 10.2 Å². The van der Waals surface area contributed by atoms with Crippen molar-refractivity contribution in [1.29, 1.82) is 0 Å². The van der Waals surface area contributed by atoms with Crippen LogP contribution in [0.1, 0.15) is 39.5 Å². The van der Waals surface area contributed by atoms with E-state index in [1.807, 2.05) is 0 Å². The summed E-state index contributed by atoms with van der Waals surface area (Å²) in [7, 11) is 0. The molecule has 0 spiro atoms. The molecular weight excluding hydrogens is 212 g/mol. The molecule has 3 fully saturated rings. The van der Waals surface area contributed by atoms with E-state index in [9.17, 15) is 10.2 Å². The Kier molecular flexibility index (Phi) is 2.32. The first-order valence-corrected chi connectivity index (χ1v) is 6.93. The number of rotatable bonds is 1. The van der Waals surface area contributed by atoms with Gasteiger partial charge in [-0.1, -0.05) is 26.0 Å². The highest BCUT2D eigenvalue weighted by molar-refractivity contribution is 5.23. The van der Waals surface area contributed by atoms with Gasteiger partial charge in [0.1, 0.15) is 0 Å². The molecule has 3 aliphatic rings. The van der Waals surface area contributed by atoms with Crippen LogP contribution < -0.4 is 0 Å². The monoisotopic (exact) mass is 236 g/mol. The summed E-state index contributed by atoms with van der Waals surface area (Å²) in [6.07, 6.45) is 4.11. The normalized spacial score (nSPS) is 51.6. The second-order valence-electron chi connectivity index (χ2n) is 7.08. The molecule has 0 bridgehead atoms. The van der Waals surface area contributed by atoms with E-state index in [-0.39, 0.29) is 12.5 Å². The lowest BCUT2D eigenvalue weighted by atomic mass is 9.77. The Hall–Kier alpha value is -0.340. The van der Waals surface area contributed by atoms with Crippen LogP contribution >= 0.6 is 0 Å². The summed E-state index contributed by atoms with van der Waals surface area (Å²) in [6, 6.07) is 0. The van der Waals surface area contributed by atoms with Crippen LogP contribution in [0.15, 0.2) is 12.2 Å². The van der Waals surface area contributed by atoms with Gasteiger partial charge in [-0.05, 0) is 48.9 Å². The van der Waals surface area contributed by atoms with E-state index in [0.717, 1.165) is 25.2 Å². The summed E-state index contributed by atoms with van der Waals surface area (Å²) in [5.41, 5.74) is 0.841. The van der Waals surface area contributed by atoms with Crippen LogP contribution in [0.5, 0.6) is 0 Å². The summed E-state index contributed by atoms with van der Waals surface area (Å²) >= 11 is 0. The molecule has 96 valence electrons. The molecule has 0 aromatic rings. The Morgan fingerprint density at radius 3 is 2.65 bits per heavy atom. The Labute approximate surface area is 104 Å². The molecule has 0 aromatic heterocycles. The fraction of sp³-hybridized carbons (Fsp3) is 0.867. The van der Waals surface area contributed by atoms with Gasteiger partial charge in [0.15, 0.2) is 0 Å². The van der Waals surface area contributed by atoms with Crippen molar-refractivity contribution < 1.29 is 10.2 Å². The van der Waals surface area contributed by atoms with Gasteiger partial charge in [0, 0.05) is 5.92 Å². The summed E-state index contributed by atoms with van der Waals surface area (Å²) in [5.74, 6) is 2.02. The first-order chi connectivity index (χ1) is 7.92. The molecule has 0 radical (unpaired) electrons. The van der Waals surface area contributed by atoms with Gasteiger partial charge in [0.25, 0.3) is 0 Å². The van der Waals surface area contributed by atoms with Crippen LogP contribution in [0.4, 0.5) is 0 Å². The third-order valence-electron chi connectivity index (χ3n) is 6.04. The molecule has 0 amide bonds. The zero-order valence-electron chi connectivity index (χ0n) is 10.9. The highest BCUT2D eigenvalue weighted by Crippen LogP contribution is 2.71. The highest BCUT2D eigenvalue weighted by Gasteiger charge is 2.68. The third kappa shape index (κ3) is 1.40. The number of hydrogen-bond acceptors (Lipinski definition) is 2. The number of aliphatic hydroxyl groups excluding tert-OH is 1. The third-order valence-corrected chi connectivity index (χ3v) is 6.04. The molecule has 2 N–H and O–H groups in total. The topological polar surface area (TPSA) is 40.5 Å². The fourth-order valence-corrected chi connectivity index (χ4v) is 4.93. The minimum Gasteiger partial charge on any atom is -0.393 e. The maximum absolute atomic E-state index is 10.7. The van der Waals surface area contributed by atoms with Crippen molar-refractivity contribution in [3.05, 3.63) is 12.2 Å². The second kappa shape index (κ2) is 3.36. The van der Waals surface area contributed by atoms with Crippen LogP contribution in [0.3, 0.4) is 0 Å². The van der Waals surface area contributed by atoms with E-state index in [1.54, 1.807) is 0 Å². The molecule has 5 atom stereocenters. The van der Waals surface area contributed by atoms with E-state index >= 15 is 0 Å². The van der Waals surface area contributed by atoms with Gasteiger partial charge in [-0.3, -0.25) is 0 Å². The lowest BCUT2D eigenvalue weighted by Gasteiger charge is -2.33. The highest BCUT2D eigenvalue weighted by atomic mass is 16.3. The first-order valence-electron chi connectivity index (χ1n) is 6.93. The predicted molar refractivity (Wildman–Crippen MR) is 67.4 cm³/mol. The van der Waals surface area contributed by atoms with Crippen molar-refractivity contribution in [1.82, 2.24) is 0 Å². The molecule has 0 heterocycles. The number of aliphatic hydroxyl groups is 2. The van der Waals surface area contributed by atoms with Crippen molar-refractivity contribution in [2.24, 2.45) is 29.1 Å². The van der Waals surface area contributed by atoms with E-state index in [4.69, 9.17) is 0 Å². The Balaban J connectivity index is 1.98. The summed E-state index contributed by atoms with van der Waals surface area (Å²) in [5, 5.41) is 20.2. The zero-order chi connectivity index (χ0) is 12.4. The molecule has 2 nitrogen and oxygen atoms in total. The van der Waals surface area contributed by atoms with Crippen LogP contribution in [-0.4, -0.2) is 22.4 Å². The number of hydrogen-bond donors (Lipinski definition) is 2. The molecule has 3 saturated carbocycles. The Morgan fingerprint density at radius 1 is 1.29 bits per heavy atom. The van der Waals surface area contributed by atoms with E-state index < -0.39 is 5.60 Å². The van der Waals surface area contributed by atoms with Crippen LogP contribution in [0.25, 0.3) is 0 Å². The van der Waals surface area contributed by atoms with Gasteiger partial charge in [-0.25, -0.2) is 0 Å². The van der Waals surface area contributed by atoms with Crippen molar-refractivity contribution in [2.45, 2.75) is 45.1 Å². The molecule has 0 aliphatic heterocycles. The van der Waals surface area contributed by atoms with Crippen molar-refractivity contribution in [3.8, 4) is 0 Å². The maximum Gasteiger partial charge on any atom is 0.0914 e. The van der Waals surface area contributed by atoms with Crippen molar-refractivity contribution in [3.63, 3.8) is 0 Å². The SMILES string of the molecule is C=C1CC[C@@H]2[C@H]([C@H]3[C@H]1CC[C@@]3(O)CO)C2(C)C. The first kappa shape index (κ1) is 11.7. The van der Waals surface area contributed by atoms with Gasteiger partial charge in [-0.2, -0.15) is 0 Å². The minimum absolute atomic E-state index is 0.0826. The number of fused-ring (bicyclic) bond motifs is 3. The maximum atomic E-state index is 10.7. The van der Waals surface area contributed by atoms with Crippen LogP contribution in [0.2, 0.25) is 0 Å². The molecule has 3 aliphatic carbocycles. The number of allylic oxidation sites excluding steroid dienone is 1. The summed E-state index contributed by atoms with van der Waals surface area (Å²) in [6.45, 7) is 8.79.